The van der Waals surface area contributed by atoms with E-state index in [9.17, 15) is 14.4 Å². The highest BCUT2D eigenvalue weighted by Crippen LogP contribution is 2.26. The van der Waals surface area contributed by atoms with Gasteiger partial charge in [-0.2, -0.15) is 0 Å². The number of nitrogens with one attached hydrogen (secondary N) is 1. The van der Waals surface area contributed by atoms with Crippen LogP contribution in [-0.4, -0.2) is 74.7 Å². The number of morpholine rings is 1. The average Bonchev–Trinajstić information content (AvgIpc) is 3.22. The summed E-state index contributed by atoms with van der Waals surface area (Å²) >= 11 is 0. The van der Waals surface area contributed by atoms with Crippen molar-refractivity contribution in [3.05, 3.63) is 38.2 Å². The maximum Gasteiger partial charge on any atom is 0.329 e. The zero-order chi connectivity index (χ0) is 24.6. The lowest BCUT2D eigenvalue weighted by molar-refractivity contribution is -0.0715. The number of fused-ring (bicyclic) bond motifs is 1. The Kier molecular flexibility index (Phi) is 7.23. The van der Waals surface area contributed by atoms with E-state index in [1.54, 1.807) is 6.07 Å². The van der Waals surface area contributed by atoms with Gasteiger partial charge in [-0.1, -0.05) is 20.8 Å². The van der Waals surface area contributed by atoms with Gasteiger partial charge in [0, 0.05) is 44.5 Å². The summed E-state index contributed by atoms with van der Waals surface area (Å²) in [5.41, 5.74) is 0.315. The second-order valence-corrected chi connectivity index (χ2v) is 10.1. The van der Waals surface area contributed by atoms with Crippen LogP contribution >= 0.6 is 0 Å². The van der Waals surface area contributed by atoms with Gasteiger partial charge in [-0.3, -0.25) is 24.0 Å². The van der Waals surface area contributed by atoms with E-state index in [-0.39, 0.29) is 35.5 Å². The Morgan fingerprint density at radius 3 is 2.59 bits per heavy atom. The van der Waals surface area contributed by atoms with E-state index in [1.807, 2.05) is 25.7 Å². The molecule has 3 unspecified atom stereocenters. The molecule has 1 N–H and O–H groups in total. The molecule has 2 aliphatic heterocycles. The zero-order valence-electron chi connectivity index (χ0n) is 21.0. The van der Waals surface area contributed by atoms with Gasteiger partial charge in [0.25, 0.3) is 11.5 Å². The van der Waals surface area contributed by atoms with Gasteiger partial charge in [0.2, 0.25) is 0 Å². The molecule has 3 atom stereocenters. The molecule has 2 fully saturated rings. The molecular weight excluding hydrogens is 434 g/mol. The van der Waals surface area contributed by atoms with Gasteiger partial charge >= 0.3 is 5.69 Å². The number of aromatic nitrogens is 3. The van der Waals surface area contributed by atoms with Crippen molar-refractivity contribution in [2.45, 2.75) is 84.6 Å². The fraction of sp³-hybridized carbons (Fsp3) is 0.680. The molecule has 2 aromatic heterocycles. The summed E-state index contributed by atoms with van der Waals surface area (Å²) in [6, 6.07) is 1.83. The van der Waals surface area contributed by atoms with E-state index in [0.29, 0.717) is 36.4 Å². The van der Waals surface area contributed by atoms with Crippen molar-refractivity contribution >= 4 is 16.9 Å². The molecule has 0 aromatic carbocycles. The first-order valence-electron chi connectivity index (χ1n) is 12.6. The molecular formula is C25H37N5O4. The van der Waals surface area contributed by atoms with Crippen LogP contribution in [-0.2, 0) is 11.3 Å². The minimum absolute atomic E-state index is 0.0473. The molecule has 0 bridgehead atoms. The lowest BCUT2D eigenvalue weighted by Gasteiger charge is -2.38. The number of ether oxygens (including phenoxy) is 1. The Labute approximate surface area is 200 Å². The van der Waals surface area contributed by atoms with Crippen LogP contribution in [0.3, 0.4) is 0 Å². The second kappa shape index (κ2) is 10.00. The normalized spacial score (nSPS) is 23.8. The molecule has 1 amide bonds. The van der Waals surface area contributed by atoms with Crippen LogP contribution in [0.15, 0.2) is 15.7 Å². The van der Waals surface area contributed by atoms with Gasteiger partial charge in [0.1, 0.15) is 0 Å². The monoisotopic (exact) mass is 471 g/mol. The highest BCUT2D eigenvalue weighted by Gasteiger charge is 2.34. The number of likely N-dealkylation sites (tertiary alicyclic amines) is 1. The molecule has 4 rings (SSSR count). The molecule has 2 saturated heterocycles. The number of rotatable bonds is 6. The van der Waals surface area contributed by atoms with E-state index in [4.69, 9.17) is 4.74 Å². The van der Waals surface area contributed by atoms with Crippen molar-refractivity contribution in [2.75, 3.05) is 26.2 Å². The van der Waals surface area contributed by atoms with E-state index in [1.165, 1.54) is 4.57 Å². The van der Waals surface area contributed by atoms with Crippen molar-refractivity contribution in [1.29, 1.82) is 0 Å². The number of aromatic amines is 1. The van der Waals surface area contributed by atoms with Crippen molar-refractivity contribution in [3.63, 3.8) is 0 Å². The quantitative estimate of drug-likeness (QED) is 0.694. The summed E-state index contributed by atoms with van der Waals surface area (Å²) in [4.78, 5) is 50.8. The third-order valence-electron chi connectivity index (χ3n) is 6.84. The summed E-state index contributed by atoms with van der Waals surface area (Å²) < 4.78 is 7.35. The Morgan fingerprint density at radius 2 is 1.94 bits per heavy atom. The zero-order valence-corrected chi connectivity index (χ0v) is 21.0. The Hall–Kier alpha value is -2.52. The minimum atomic E-state index is -0.551. The fourth-order valence-corrected chi connectivity index (χ4v) is 5.37. The van der Waals surface area contributed by atoms with Crippen molar-refractivity contribution in [1.82, 2.24) is 24.3 Å². The second-order valence-electron chi connectivity index (χ2n) is 10.1. The van der Waals surface area contributed by atoms with Crippen LogP contribution in [0.5, 0.6) is 0 Å². The smallest absolute Gasteiger partial charge is 0.329 e. The first-order valence-corrected chi connectivity index (χ1v) is 12.6. The number of hydrogen-bond acceptors (Lipinski definition) is 6. The summed E-state index contributed by atoms with van der Waals surface area (Å²) in [6.45, 7) is 13.7. The Morgan fingerprint density at radius 1 is 1.24 bits per heavy atom. The fourth-order valence-electron chi connectivity index (χ4n) is 5.37. The van der Waals surface area contributed by atoms with E-state index in [0.717, 1.165) is 32.5 Å². The predicted molar refractivity (Wildman–Crippen MR) is 132 cm³/mol. The van der Waals surface area contributed by atoms with Crippen molar-refractivity contribution in [3.8, 4) is 0 Å². The number of aryl methyl sites for hydroxylation is 1. The first kappa shape index (κ1) is 24.6. The summed E-state index contributed by atoms with van der Waals surface area (Å²) in [5, 5.41) is 0.210. The van der Waals surface area contributed by atoms with Crippen LogP contribution < -0.4 is 11.2 Å². The molecule has 0 aliphatic carbocycles. The number of H-pyrrole nitrogens is 1. The molecule has 9 nitrogen and oxygen atoms in total. The molecule has 2 aromatic rings. The molecule has 2 aliphatic rings. The molecule has 34 heavy (non-hydrogen) atoms. The topological polar surface area (TPSA) is 101 Å². The number of amides is 1. The number of carbonyl (C=O) groups excluding carboxylic acids is 1. The standard InChI is InChI=1S/C25H37N5O4/c1-6-9-30-22-21(23(31)27-25(30)33)19(11-20(26-22)15(2)3)24(32)29-10-7-8-18(29)14-28-12-16(4)34-17(5)13-28/h11,15-18H,6-10,12-14H2,1-5H3,(H,27,31,33). The molecule has 186 valence electrons. The van der Waals surface area contributed by atoms with Gasteiger partial charge in [0.15, 0.2) is 5.65 Å². The maximum absolute atomic E-state index is 13.9. The predicted octanol–water partition coefficient (Wildman–Crippen LogP) is 2.33. The van der Waals surface area contributed by atoms with Crippen molar-refractivity contribution < 1.29 is 9.53 Å². The SMILES string of the molecule is CCCn1c(=O)[nH]c(=O)c2c(C(=O)N3CCCC3CN3CC(C)OC(C)C3)cc(C(C)C)nc21. The highest BCUT2D eigenvalue weighted by atomic mass is 16.5. The highest BCUT2D eigenvalue weighted by molar-refractivity contribution is 6.05. The third-order valence-corrected chi connectivity index (χ3v) is 6.84. The van der Waals surface area contributed by atoms with Crippen LogP contribution in [0, 0.1) is 0 Å². The molecule has 0 radical (unpaired) electrons. The summed E-state index contributed by atoms with van der Waals surface area (Å²) in [7, 11) is 0. The van der Waals surface area contributed by atoms with Crippen LogP contribution in [0.1, 0.15) is 75.9 Å². The summed E-state index contributed by atoms with van der Waals surface area (Å²) in [6.07, 6.45) is 2.91. The van der Waals surface area contributed by atoms with E-state index < -0.39 is 11.2 Å². The number of nitrogens with zero attached hydrogens (tertiary/aromatic N) is 4. The van der Waals surface area contributed by atoms with Gasteiger partial charge in [-0.25, -0.2) is 9.78 Å². The first-order chi connectivity index (χ1) is 16.2. The molecule has 4 heterocycles. The lowest BCUT2D eigenvalue weighted by Crippen LogP contribution is -2.51. The maximum atomic E-state index is 13.9. The number of carbonyl (C=O) groups is 1. The Bertz CT molecular complexity index is 1160. The molecule has 0 saturated carbocycles. The largest absolute Gasteiger partial charge is 0.373 e. The van der Waals surface area contributed by atoms with Crippen LogP contribution in [0.2, 0.25) is 0 Å². The van der Waals surface area contributed by atoms with Gasteiger partial charge in [-0.15, -0.1) is 0 Å². The molecule has 9 heteroatoms. The average molecular weight is 472 g/mol. The van der Waals surface area contributed by atoms with E-state index >= 15 is 0 Å². The lowest BCUT2D eigenvalue weighted by atomic mass is 10.0. The van der Waals surface area contributed by atoms with Crippen LogP contribution in [0.25, 0.3) is 11.0 Å². The van der Waals surface area contributed by atoms with Crippen molar-refractivity contribution in [2.24, 2.45) is 0 Å². The van der Waals surface area contributed by atoms with Gasteiger partial charge in [0.05, 0.1) is 23.2 Å². The summed E-state index contributed by atoms with van der Waals surface area (Å²) in [5.74, 6) is -0.107. The van der Waals surface area contributed by atoms with E-state index in [2.05, 4.69) is 28.7 Å². The van der Waals surface area contributed by atoms with Crippen LogP contribution in [0.4, 0.5) is 0 Å². The number of hydrogen-bond donors (Lipinski definition) is 1. The third kappa shape index (κ3) is 4.81. The van der Waals surface area contributed by atoms with Gasteiger partial charge in [-0.05, 0) is 45.1 Å². The minimum Gasteiger partial charge on any atom is -0.373 e. The Balaban J connectivity index is 1.74. The van der Waals surface area contributed by atoms with Gasteiger partial charge < -0.3 is 9.64 Å². The molecule has 0 spiro atoms. The number of pyridine rings is 1.